The summed E-state index contributed by atoms with van der Waals surface area (Å²) < 4.78 is 1.93. The van der Waals surface area contributed by atoms with E-state index < -0.39 is 0 Å². The van der Waals surface area contributed by atoms with Crippen molar-refractivity contribution in [2.75, 3.05) is 11.9 Å². The van der Waals surface area contributed by atoms with E-state index in [1.54, 1.807) is 0 Å². The maximum atomic E-state index is 4.18. The molecule has 0 saturated carbocycles. The van der Waals surface area contributed by atoms with E-state index in [9.17, 15) is 0 Å². The average Bonchev–Trinajstić information content (AvgIpc) is 2.78. The highest BCUT2D eigenvalue weighted by Gasteiger charge is 2.01. The van der Waals surface area contributed by atoms with Crippen molar-refractivity contribution >= 4 is 5.69 Å². The number of nitrogens with zero attached hydrogens (tertiary/aromatic N) is 2. The second kappa shape index (κ2) is 6.24. The van der Waals surface area contributed by atoms with Gasteiger partial charge in [-0.25, -0.2) is 0 Å². The first-order valence-corrected chi connectivity index (χ1v) is 6.60. The first-order valence-electron chi connectivity index (χ1n) is 6.60. The predicted octanol–water partition coefficient (Wildman–Crippen LogP) is 3.03. The molecule has 1 heterocycles. The minimum Gasteiger partial charge on any atom is -0.384 e. The van der Waals surface area contributed by atoms with Crippen molar-refractivity contribution in [1.29, 1.82) is 0 Å². The lowest BCUT2D eigenvalue weighted by atomic mass is 10.1. The second-order valence-electron chi connectivity index (χ2n) is 4.53. The molecule has 0 amide bonds. The molecule has 3 nitrogen and oxygen atoms in total. The molecule has 1 aromatic carbocycles. The summed E-state index contributed by atoms with van der Waals surface area (Å²) in [5.41, 5.74) is 3.93. The molecule has 1 N–H and O–H groups in total. The minimum atomic E-state index is 0.945. The van der Waals surface area contributed by atoms with Crippen LogP contribution in [0.3, 0.4) is 0 Å². The van der Waals surface area contributed by atoms with E-state index in [0.717, 1.165) is 19.4 Å². The minimum absolute atomic E-state index is 0.945. The van der Waals surface area contributed by atoms with Gasteiger partial charge < -0.3 is 5.32 Å². The van der Waals surface area contributed by atoms with E-state index in [2.05, 4.69) is 47.7 Å². The average molecular weight is 243 g/mol. The van der Waals surface area contributed by atoms with Gasteiger partial charge in [-0.15, -0.1) is 0 Å². The van der Waals surface area contributed by atoms with Crippen molar-refractivity contribution < 1.29 is 0 Å². The zero-order valence-corrected chi connectivity index (χ0v) is 11.2. The van der Waals surface area contributed by atoms with E-state index in [0.29, 0.717) is 0 Å². The molecule has 2 rings (SSSR count). The van der Waals surface area contributed by atoms with Crippen LogP contribution in [0.4, 0.5) is 5.69 Å². The molecule has 0 spiro atoms. The fraction of sp³-hybridized carbons (Fsp3) is 0.400. The first-order chi connectivity index (χ1) is 8.81. The van der Waals surface area contributed by atoms with Gasteiger partial charge in [0, 0.05) is 37.6 Å². The molecule has 0 aliphatic rings. The summed E-state index contributed by atoms with van der Waals surface area (Å²) in [5.74, 6) is 0. The normalized spacial score (nSPS) is 10.6. The molecule has 96 valence electrons. The number of hydrogen-bond donors (Lipinski definition) is 1. The number of nitrogens with one attached hydrogen (secondary N) is 1. The maximum Gasteiger partial charge on any atom is 0.0492 e. The van der Waals surface area contributed by atoms with Crippen LogP contribution in [0.2, 0.25) is 0 Å². The molecule has 0 aliphatic carbocycles. The Labute approximate surface area is 109 Å². The summed E-state index contributed by atoms with van der Waals surface area (Å²) in [6, 6.07) is 10.6. The van der Waals surface area contributed by atoms with Gasteiger partial charge in [0.25, 0.3) is 0 Å². The van der Waals surface area contributed by atoms with Crippen LogP contribution in [0.15, 0.2) is 36.5 Å². The van der Waals surface area contributed by atoms with E-state index in [1.165, 1.54) is 23.4 Å². The summed E-state index contributed by atoms with van der Waals surface area (Å²) in [6.07, 6.45) is 5.16. The summed E-state index contributed by atoms with van der Waals surface area (Å²) in [7, 11) is 1.99. The smallest absolute Gasteiger partial charge is 0.0492 e. The topological polar surface area (TPSA) is 29.9 Å². The van der Waals surface area contributed by atoms with Crippen LogP contribution in [0.5, 0.6) is 0 Å². The highest BCUT2D eigenvalue weighted by atomic mass is 15.3. The Balaban J connectivity index is 1.92. The number of aryl methyl sites for hydroxylation is 2. The molecular formula is C15H21N3. The lowest BCUT2D eigenvalue weighted by Crippen LogP contribution is -2.09. The predicted molar refractivity (Wildman–Crippen MR) is 75.8 cm³/mol. The Kier molecular flexibility index (Phi) is 4.40. The number of rotatable bonds is 6. The molecule has 0 bridgehead atoms. The third kappa shape index (κ3) is 3.13. The van der Waals surface area contributed by atoms with Gasteiger partial charge >= 0.3 is 0 Å². The van der Waals surface area contributed by atoms with Gasteiger partial charge in [-0.3, -0.25) is 4.68 Å². The standard InChI is InChI=1S/C15H21N3/c1-3-6-13-7-4-5-8-15(13)16-11-9-14-10-12-17-18(14)2/h4-5,7-8,10,12,16H,3,6,9,11H2,1-2H3. The lowest BCUT2D eigenvalue weighted by molar-refractivity contribution is 0.711. The van der Waals surface area contributed by atoms with Crippen LogP contribution >= 0.6 is 0 Å². The van der Waals surface area contributed by atoms with Gasteiger partial charge in [0.2, 0.25) is 0 Å². The molecule has 0 unspecified atom stereocenters. The summed E-state index contributed by atoms with van der Waals surface area (Å²) in [4.78, 5) is 0. The van der Waals surface area contributed by atoms with E-state index >= 15 is 0 Å². The van der Waals surface area contributed by atoms with Crippen LogP contribution in [0, 0.1) is 0 Å². The highest BCUT2D eigenvalue weighted by molar-refractivity contribution is 5.51. The fourth-order valence-corrected chi connectivity index (χ4v) is 2.15. The highest BCUT2D eigenvalue weighted by Crippen LogP contribution is 2.16. The Bertz CT molecular complexity index is 488. The maximum absolute atomic E-state index is 4.18. The van der Waals surface area contributed by atoms with Crippen LogP contribution in [-0.2, 0) is 19.9 Å². The number of para-hydroxylation sites is 1. The van der Waals surface area contributed by atoms with Crippen LogP contribution in [0.1, 0.15) is 24.6 Å². The summed E-state index contributed by atoms with van der Waals surface area (Å²) in [5, 5.41) is 7.70. The fourth-order valence-electron chi connectivity index (χ4n) is 2.15. The third-order valence-electron chi connectivity index (χ3n) is 3.16. The molecule has 3 heteroatoms. The van der Waals surface area contributed by atoms with Gasteiger partial charge in [0.05, 0.1) is 0 Å². The second-order valence-corrected chi connectivity index (χ2v) is 4.53. The molecule has 1 aromatic heterocycles. The first kappa shape index (κ1) is 12.7. The van der Waals surface area contributed by atoms with Crippen molar-refractivity contribution in [2.24, 2.45) is 7.05 Å². The van der Waals surface area contributed by atoms with E-state index in [1.807, 2.05) is 17.9 Å². The SMILES string of the molecule is CCCc1ccccc1NCCc1ccnn1C. The Morgan fingerprint density at radius 2 is 2.00 bits per heavy atom. The monoisotopic (exact) mass is 243 g/mol. The van der Waals surface area contributed by atoms with Crippen molar-refractivity contribution in [2.45, 2.75) is 26.2 Å². The molecule has 0 saturated heterocycles. The van der Waals surface area contributed by atoms with Gasteiger partial charge in [-0.05, 0) is 24.1 Å². The van der Waals surface area contributed by atoms with Gasteiger partial charge in [0.1, 0.15) is 0 Å². The molecule has 18 heavy (non-hydrogen) atoms. The van der Waals surface area contributed by atoms with Crippen molar-refractivity contribution in [3.63, 3.8) is 0 Å². The molecule has 2 aromatic rings. The quantitative estimate of drug-likeness (QED) is 0.845. The van der Waals surface area contributed by atoms with E-state index in [-0.39, 0.29) is 0 Å². The van der Waals surface area contributed by atoms with Gasteiger partial charge in [0.15, 0.2) is 0 Å². The Morgan fingerprint density at radius 3 is 2.72 bits per heavy atom. The molecular weight excluding hydrogens is 222 g/mol. The number of anilines is 1. The number of hydrogen-bond acceptors (Lipinski definition) is 2. The zero-order valence-electron chi connectivity index (χ0n) is 11.2. The third-order valence-corrected chi connectivity index (χ3v) is 3.16. The molecule has 0 aliphatic heterocycles. The van der Waals surface area contributed by atoms with Crippen molar-refractivity contribution in [1.82, 2.24) is 9.78 Å². The van der Waals surface area contributed by atoms with Crippen LogP contribution < -0.4 is 5.32 Å². The largest absolute Gasteiger partial charge is 0.384 e. The molecule has 0 fully saturated rings. The number of benzene rings is 1. The Hall–Kier alpha value is -1.77. The molecule has 0 radical (unpaired) electrons. The van der Waals surface area contributed by atoms with Crippen LogP contribution in [-0.4, -0.2) is 16.3 Å². The summed E-state index contributed by atoms with van der Waals surface area (Å²) >= 11 is 0. The van der Waals surface area contributed by atoms with Gasteiger partial charge in [-0.1, -0.05) is 31.5 Å². The van der Waals surface area contributed by atoms with Crippen molar-refractivity contribution in [3.05, 3.63) is 47.8 Å². The van der Waals surface area contributed by atoms with Crippen LogP contribution in [0.25, 0.3) is 0 Å². The summed E-state index contributed by atoms with van der Waals surface area (Å²) in [6.45, 7) is 3.16. The van der Waals surface area contributed by atoms with Gasteiger partial charge in [-0.2, -0.15) is 5.10 Å². The number of aromatic nitrogens is 2. The lowest BCUT2D eigenvalue weighted by Gasteiger charge is -2.11. The zero-order chi connectivity index (χ0) is 12.8. The Morgan fingerprint density at radius 1 is 1.17 bits per heavy atom. The van der Waals surface area contributed by atoms with Crippen molar-refractivity contribution in [3.8, 4) is 0 Å². The van der Waals surface area contributed by atoms with E-state index in [4.69, 9.17) is 0 Å². The molecule has 0 atom stereocenters.